The van der Waals surface area contributed by atoms with Gasteiger partial charge >= 0.3 is 11.9 Å². The molecule has 0 aliphatic heterocycles. The summed E-state index contributed by atoms with van der Waals surface area (Å²) in [4.78, 5) is 24.4. The lowest BCUT2D eigenvalue weighted by Crippen LogP contribution is -2.14. The maximum absolute atomic E-state index is 12.2. The van der Waals surface area contributed by atoms with E-state index < -0.39 is 34.1 Å². The zero-order valence-corrected chi connectivity index (χ0v) is 23.4. The van der Waals surface area contributed by atoms with Gasteiger partial charge in [0.2, 0.25) is 0 Å². The molecule has 0 heterocycles. The minimum atomic E-state index is -1.95. The number of hydrogen-bond donors (Lipinski definition) is 0. The van der Waals surface area contributed by atoms with Crippen LogP contribution in [0.1, 0.15) is 0 Å². The van der Waals surface area contributed by atoms with Crippen LogP contribution in [0.2, 0.25) is 20.1 Å². The van der Waals surface area contributed by atoms with Gasteiger partial charge in [0, 0.05) is 10.0 Å². The van der Waals surface area contributed by atoms with Gasteiger partial charge in [0.1, 0.15) is 21.3 Å². The van der Waals surface area contributed by atoms with E-state index in [0.29, 0.717) is 0 Å². The van der Waals surface area contributed by atoms with E-state index in [-0.39, 0.29) is 52.9 Å². The summed E-state index contributed by atoms with van der Waals surface area (Å²) in [5.74, 6) is -2.09. The van der Waals surface area contributed by atoms with Crippen LogP contribution in [0, 0.1) is 0 Å². The molecule has 0 radical (unpaired) electrons. The Labute approximate surface area is 227 Å². The van der Waals surface area contributed by atoms with E-state index in [2.05, 4.69) is 0 Å². The molecule has 0 saturated carbocycles. The van der Waals surface area contributed by atoms with Crippen LogP contribution >= 0.6 is 68.0 Å². The Hall–Kier alpha value is -0.540. The SMILES string of the molecule is CO[S@@](=O)c1cc(Cl)cc(Cl)c1OC(=O)CSSCC(=O)Oc1c(Cl)cc(Cl)cc1[S@@](=O)OC. The van der Waals surface area contributed by atoms with E-state index in [9.17, 15) is 18.0 Å². The predicted octanol–water partition coefficient (Wildman–Crippen LogP) is 5.53. The summed E-state index contributed by atoms with van der Waals surface area (Å²) < 4.78 is 43.9. The Morgan fingerprint density at radius 3 is 1.41 bits per heavy atom. The molecule has 2 atom stereocenters. The van der Waals surface area contributed by atoms with E-state index >= 15 is 0 Å². The molecule has 16 heteroatoms. The summed E-state index contributed by atoms with van der Waals surface area (Å²) in [6.07, 6.45) is 0. The van der Waals surface area contributed by atoms with Gasteiger partial charge in [-0.1, -0.05) is 68.0 Å². The summed E-state index contributed by atoms with van der Waals surface area (Å²) in [6.45, 7) is 0. The second-order valence-electron chi connectivity index (χ2n) is 5.71. The van der Waals surface area contributed by atoms with Crippen molar-refractivity contribution >= 4 is 102 Å². The van der Waals surface area contributed by atoms with Crippen molar-refractivity contribution in [3.8, 4) is 11.5 Å². The fourth-order valence-corrected chi connectivity index (χ4v) is 6.44. The molecule has 0 N–H and O–H groups in total. The molecule has 0 aliphatic rings. The highest BCUT2D eigenvalue weighted by atomic mass is 35.5. The topological polar surface area (TPSA) is 105 Å². The first-order chi connectivity index (χ1) is 16.1. The second-order valence-corrected chi connectivity index (χ2v) is 12.3. The molecule has 186 valence electrons. The van der Waals surface area contributed by atoms with Crippen molar-refractivity contribution < 1.29 is 35.8 Å². The third-order valence-electron chi connectivity index (χ3n) is 3.48. The molecule has 34 heavy (non-hydrogen) atoms. The lowest BCUT2D eigenvalue weighted by molar-refractivity contribution is -0.132. The van der Waals surface area contributed by atoms with Crippen LogP contribution in [0.3, 0.4) is 0 Å². The van der Waals surface area contributed by atoms with Gasteiger partial charge in [0.15, 0.2) is 33.7 Å². The van der Waals surface area contributed by atoms with Crippen LogP contribution in [-0.2, 0) is 40.1 Å². The first-order valence-electron chi connectivity index (χ1n) is 8.63. The van der Waals surface area contributed by atoms with Crippen molar-refractivity contribution in [2.24, 2.45) is 0 Å². The fourth-order valence-electron chi connectivity index (χ4n) is 2.16. The van der Waals surface area contributed by atoms with E-state index in [1.165, 1.54) is 38.5 Å². The second kappa shape index (κ2) is 14.3. The molecular weight excluding hydrogens is 614 g/mol. The van der Waals surface area contributed by atoms with E-state index in [4.69, 9.17) is 64.2 Å². The van der Waals surface area contributed by atoms with Crippen LogP contribution in [-0.4, -0.2) is 46.1 Å². The highest BCUT2D eigenvalue weighted by Gasteiger charge is 2.21. The number of esters is 2. The normalized spacial score (nSPS) is 12.8. The molecule has 0 aliphatic carbocycles. The van der Waals surface area contributed by atoms with Gasteiger partial charge in [-0.15, -0.1) is 0 Å². The van der Waals surface area contributed by atoms with E-state index in [1.807, 2.05) is 0 Å². The molecule has 0 amide bonds. The quantitative estimate of drug-likeness (QED) is 0.137. The highest BCUT2D eigenvalue weighted by Crippen LogP contribution is 2.37. The van der Waals surface area contributed by atoms with Crippen molar-refractivity contribution in [1.82, 2.24) is 0 Å². The first-order valence-corrected chi connectivity index (χ1v) is 14.8. The number of halogens is 4. The molecule has 0 saturated heterocycles. The van der Waals surface area contributed by atoms with Crippen molar-refractivity contribution in [2.75, 3.05) is 25.7 Å². The molecule has 0 aromatic heterocycles. The lowest BCUT2D eigenvalue weighted by atomic mass is 10.3. The molecular formula is C18H14Cl4O8S4. The van der Waals surface area contributed by atoms with E-state index in [1.54, 1.807) is 0 Å². The largest absolute Gasteiger partial charge is 0.423 e. The summed E-state index contributed by atoms with van der Waals surface area (Å²) in [7, 11) is 4.40. The minimum absolute atomic E-state index is 0.00123. The summed E-state index contributed by atoms with van der Waals surface area (Å²) in [5.41, 5.74) is 0. The van der Waals surface area contributed by atoms with Crippen LogP contribution in [0.15, 0.2) is 34.1 Å². The third-order valence-corrected chi connectivity index (χ3v) is 8.49. The smallest absolute Gasteiger partial charge is 0.322 e. The van der Waals surface area contributed by atoms with Crippen molar-refractivity contribution in [1.29, 1.82) is 0 Å². The number of ether oxygens (including phenoxy) is 2. The van der Waals surface area contributed by atoms with Gasteiger partial charge in [-0.2, -0.15) is 0 Å². The van der Waals surface area contributed by atoms with Crippen LogP contribution in [0.25, 0.3) is 0 Å². The molecule has 2 rings (SSSR count). The van der Waals surface area contributed by atoms with Crippen LogP contribution in [0.4, 0.5) is 0 Å². The fraction of sp³-hybridized carbons (Fsp3) is 0.222. The van der Waals surface area contributed by atoms with Gasteiger partial charge in [-0.25, -0.2) is 8.42 Å². The summed E-state index contributed by atoms with van der Waals surface area (Å²) >= 11 is 20.0. The van der Waals surface area contributed by atoms with Crippen molar-refractivity contribution in [3.63, 3.8) is 0 Å². The van der Waals surface area contributed by atoms with Crippen LogP contribution in [0.5, 0.6) is 11.5 Å². The molecule has 0 bridgehead atoms. The Kier molecular flexibility index (Phi) is 12.5. The number of carbonyl (C=O) groups is 2. The zero-order chi connectivity index (χ0) is 25.4. The van der Waals surface area contributed by atoms with Crippen molar-refractivity contribution in [2.45, 2.75) is 9.79 Å². The average molecular weight is 628 g/mol. The molecule has 0 unspecified atom stereocenters. The highest BCUT2D eigenvalue weighted by molar-refractivity contribution is 8.77. The zero-order valence-electron chi connectivity index (χ0n) is 17.1. The lowest BCUT2D eigenvalue weighted by Gasteiger charge is -2.12. The maximum atomic E-state index is 12.2. The Bertz CT molecular complexity index is 1040. The first kappa shape index (κ1) is 29.7. The minimum Gasteiger partial charge on any atom is -0.423 e. The summed E-state index contributed by atoms with van der Waals surface area (Å²) in [5, 5.41) is 0.331. The summed E-state index contributed by atoms with van der Waals surface area (Å²) in [6, 6.07) is 5.26. The standard InChI is InChI=1S/C18H14Cl4O8S4/c1-27-33(25)13-5-9(19)3-11(21)17(13)29-15(23)7-31-32-8-16(24)30-18-12(22)4-10(20)6-14(18)34(26)28-2/h3-6H,7-8H2,1-2H3/t33-,34+. The third kappa shape index (κ3) is 8.54. The molecule has 0 fully saturated rings. The predicted molar refractivity (Wildman–Crippen MR) is 136 cm³/mol. The molecule has 2 aromatic carbocycles. The molecule has 0 spiro atoms. The monoisotopic (exact) mass is 626 g/mol. The van der Waals surface area contributed by atoms with Crippen molar-refractivity contribution in [3.05, 3.63) is 44.4 Å². The Morgan fingerprint density at radius 1 is 0.735 bits per heavy atom. The van der Waals surface area contributed by atoms with Crippen LogP contribution < -0.4 is 9.47 Å². The molecule has 2 aromatic rings. The molecule has 8 nitrogen and oxygen atoms in total. The van der Waals surface area contributed by atoms with E-state index in [0.717, 1.165) is 21.6 Å². The number of carbonyl (C=O) groups excluding carboxylic acids is 2. The number of hydrogen-bond acceptors (Lipinski definition) is 10. The number of rotatable bonds is 11. The van der Waals surface area contributed by atoms with Gasteiger partial charge < -0.3 is 9.47 Å². The van der Waals surface area contributed by atoms with Gasteiger partial charge in [0.25, 0.3) is 0 Å². The Balaban J connectivity index is 1.93. The van der Waals surface area contributed by atoms with Gasteiger partial charge in [-0.05, 0) is 24.3 Å². The maximum Gasteiger partial charge on any atom is 0.322 e. The van der Waals surface area contributed by atoms with Gasteiger partial charge in [0.05, 0.1) is 24.3 Å². The average Bonchev–Trinajstić information content (AvgIpc) is 2.78. The Morgan fingerprint density at radius 2 is 1.09 bits per heavy atom. The number of benzene rings is 2. The van der Waals surface area contributed by atoms with Gasteiger partial charge in [-0.3, -0.25) is 18.0 Å².